The predicted molar refractivity (Wildman–Crippen MR) is 190 cm³/mol. The molecule has 0 aliphatic carbocycles. The molecule has 1 aliphatic heterocycles. The van der Waals surface area contributed by atoms with Crippen LogP contribution in [-0.4, -0.2) is 170 Å². The number of alkyl halides is 4. The second-order valence-electron chi connectivity index (χ2n) is 12.9. The van der Waals surface area contributed by atoms with Gasteiger partial charge in [-0.1, -0.05) is 42.5 Å². The summed E-state index contributed by atoms with van der Waals surface area (Å²) in [6.45, 7) is 1.04. The van der Waals surface area contributed by atoms with E-state index in [1.165, 1.54) is 31.4 Å². The van der Waals surface area contributed by atoms with E-state index in [0.29, 0.717) is 5.56 Å². The van der Waals surface area contributed by atoms with Gasteiger partial charge in [0.1, 0.15) is 17.8 Å². The lowest BCUT2D eigenvalue weighted by Gasteiger charge is -2.37. The highest BCUT2D eigenvalue weighted by Gasteiger charge is 2.41. The van der Waals surface area contributed by atoms with Crippen LogP contribution in [0.15, 0.2) is 54.6 Å². The van der Waals surface area contributed by atoms with Crippen LogP contribution >= 0.6 is 0 Å². The maximum absolute atomic E-state index is 13.5. The lowest BCUT2D eigenvalue weighted by Crippen LogP contribution is -2.54. The normalized spacial score (nSPS) is 17.1. The van der Waals surface area contributed by atoms with Crippen molar-refractivity contribution >= 4 is 23.9 Å². The maximum Gasteiger partial charge on any atom is 0.340 e. The Labute approximate surface area is 317 Å². The molecular weight excluding hydrogens is 736 g/mol. The zero-order chi connectivity index (χ0) is 40.4. The lowest BCUT2D eigenvalue weighted by atomic mass is 10.0. The molecule has 1 aliphatic rings. The minimum absolute atomic E-state index is 0.0380. The number of benzene rings is 2. The predicted octanol–water partition coefficient (Wildman–Crippen LogP) is 2.59. The van der Waals surface area contributed by atoms with Gasteiger partial charge >= 0.3 is 36.2 Å². The number of carboxylic acids is 2. The van der Waals surface area contributed by atoms with Gasteiger partial charge < -0.3 is 29.2 Å². The van der Waals surface area contributed by atoms with Crippen molar-refractivity contribution in [3.05, 3.63) is 65.7 Å². The van der Waals surface area contributed by atoms with Crippen LogP contribution in [0.1, 0.15) is 18.1 Å². The first-order valence-corrected chi connectivity index (χ1v) is 17.8. The lowest BCUT2D eigenvalue weighted by molar-refractivity contribution is -0.151. The summed E-state index contributed by atoms with van der Waals surface area (Å²) >= 11 is 0. The molecule has 0 aromatic heterocycles. The average molecular weight is 787 g/mol. The third kappa shape index (κ3) is 15.7. The second kappa shape index (κ2) is 22.9. The Morgan fingerprint density at radius 1 is 0.745 bits per heavy atom. The van der Waals surface area contributed by atoms with Crippen molar-refractivity contribution < 1.29 is 65.9 Å². The Balaban J connectivity index is 1.86. The van der Waals surface area contributed by atoms with Crippen molar-refractivity contribution in [2.24, 2.45) is 0 Å². The minimum atomic E-state index is -4.34. The Hall–Kier alpha value is -4.36. The average Bonchev–Trinajstić information content (AvgIpc) is 3.14. The van der Waals surface area contributed by atoms with Crippen LogP contribution in [0.25, 0.3) is 0 Å². The van der Waals surface area contributed by atoms with Crippen LogP contribution in [0, 0.1) is 0 Å². The molecule has 0 radical (unpaired) electrons. The number of aliphatic carboxylic acids is 2. The van der Waals surface area contributed by atoms with E-state index in [1.807, 2.05) is 30.3 Å². The number of halogens is 4. The molecular formula is C37H50F4N4O10. The van der Waals surface area contributed by atoms with Gasteiger partial charge in [0.2, 0.25) is 0 Å². The highest BCUT2D eigenvalue weighted by molar-refractivity contribution is 5.76. The molecule has 18 heteroatoms. The zero-order valence-electron chi connectivity index (χ0n) is 31.0. The third-order valence-corrected chi connectivity index (χ3v) is 8.94. The van der Waals surface area contributed by atoms with E-state index >= 15 is 0 Å². The molecule has 1 fully saturated rings. The number of hydrogen-bond donors (Lipinski definition) is 2. The van der Waals surface area contributed by atoms with Gasteiger partial charge in [-0.15, -0.1) is 0 Å². The minimum Gasteiger partial charge on any atom is -0.487 e. The van der Waals surface area contributed by atoms with Crippen molar-refractivity contribution in [2.45, 2.75) is 44.4 Å². The van der Waals surface area contributed by atoms with Crippen LogP contribution < -0.4 is 4.74 Å². The third-order valence-electron chi connectivity index (χ3n) is 8.94. The summed E-state index contributed by atoms with van der Waals surface area (Å²) in [5.74, 6) is -7.76. The Morgan fingerprint density at radius 2 is 1.27 bits per heavy atom. The fraction of sp³-hybridized carbons (Fsp3) is 0.568. The summed E-state index contributed by atoms with van der Waals surface area (Å²) in [5.41, 5.74) is 1.45. The molecule has 1 heterocycles. The van der Waals surface area contributed by atoms with Gasteiger partial charge in [-0.05, 0) is 36.6 Å². The molecule has 2 aromatic carbocycles. The number of hydrogen-bond acceptors (Lipinski definition) is 12. The summed E-state index contributed by atoms with van der Waals surface area (Å²) in [7, 11) is 1.26. The molecule has 2 atom stereocenters. The van der Waals surface area contributed by atoms with Gasteiger partial charge in [0.15, 0.2) is 6.61 Å². The summed E-state index contributed by atoms with van der Waals surface area (Å²) in [4.78, 5) is 57.4. The Bertz CT molecular complexity index is 1460. The molecule has 14 nitrogen and oxygen atoms in total. The van der Waals surface area contributed by atoms with Gasteiger partial charge in [0.25, 0.3) is 0 Å². The van der Waals surface area contributed by atoms with Crippen molar-refractivity contribution in [3.8, 4) is 5.75 Å². The number of ether oxygens (including phenoxy) is 4. The van der Waals surface area contributed by atoms with E-state index in [-0.39, 0.29) is 97.4 Å². The fourth-order valence-electron chi connectivity index (χ4n) is 5.96. The monoisotopic (exact) mass is 786 g/mol. The van der Waals surface area contributed by atoms with E-state index in [2.05, 4.69) is 0 Å². The number of carbonyl (C=O) groups excluding carboxylic acids is 2. The van der Waals surface area contributed by atoms with Gasteiger partial charge in [-0.25, -0.2) is 8.78 Å². The van der Waals surface area contributed by atoms with Crippen molar-refractivity contribution in [1.29, 1.82) is 0 Å². The number of carboxylic acid groups (broad SMARTS) is 2. The number of esters is 2. The van der Waals surface area contributed by atoms with Gasteiger partial charge in [0.05, 0.1) is 40.0 Å². The first-order chi connectivity index (χ1) is 26.2. The topological polar surface area (TPSA) is 159 Å². The van der Waals surface area contributed by atoms with E-state index in [1.54, 1.807) is 26.5 Å². The number of carbonyl (C=O) groups is 4. The van der Waals surface area contributed by atoms with E-state index in [9.17, 15) is 47.0 Å². The molecule has 0 saturated carbocycles. The van der Waals surface area contributed by atoms with Crippen molar-refractivity contribution in [3.63, 3.8) is 0 Å². The van der Waals surface area contributed by atoms with Gasteiger partial charge in [-0.3, -0.25) is 38.8 Å². The van der Waals surface area contributed by atoms with Gasteiger partial charge in [-0.2, -0.15) is 8.78 Å². The standard InChI is InChI=1S/C37H50F4N4O10/c1-3-54-35(51)30(21-27-9-11-29(12-10-27)55-26-37(40,41)36(38)39)44-17-13-42(22-32(46)47)15-19-45(20-16-43(14-18-44)23-33(48)49)31(34(50)52-2)25-53-24-28-7-5-4-6-8-28/h4-12,30-31,36H,3,13-26H2,1-2H3,(H,46,47)(H,48,49)/t30?,31-/m0/s1. The maximum atomic E-state index is 13.5. The molecule has 2 aromatic rings. The number of methoxy groups -OCH3 is 1. The highest BCUT2D eigenvalue weighted by atomic mass is 19.3. The molecule has 0 bridgehead atoms. The van der Waals surface area contributed by atoms with Crippen LogP contribution in [0.2, 0.25) is 0 Å². The molecule has 306 valence electrons. The van der Waals surface area contributed by atoms with Crippen LogP contribution in [-0.2, 0) is 46.4 Å². The number of nitrogens with zero attached hydrogens (tertiary/aromatic N) is 4. The summed E-state index contributed by atoms with van der Waals surface area (Å²) in [5, 5.41) is 19.5. The molecule has 1 saturated heterocycles. The van der Waals surface area contributed by atoms with Gasteiger partial charge in [0, 0.05) is 52.4 Å². The Kier molecular flexibility index (Phi) is 18.7. The van der Waals surface area contributed by atoms with Crippen LogP contribution in [0.4, 0.5) is 17.6 Å². The van der Waals surface area contributed by atoms with Crippen LogP contribution in [0.3, 0.4) is 0 Å². The number of rotatable bonds is 19. The molecule has 55 heavy (non-hydrogen) atoms. The largest absolute Gasteiger partial charge is 0.487 e. The van der Waals surface area contributed by atoms with Crippen molar-refractivity contribution in [2.75, 3.05) is 92.4 Å². The van der Waals surface area contributed by atoms with E-state index in [0.717, 1.165) is 5.56 Å². The molecule has 2 N–H and O–H groups in total. The summed E-state index contributed by atoms with van der Waals surface area (Å²) < 4.78 is 73.2. The highest BCUT2D eigenvalue weighted by Crippen LogP contribution is 2.25. The molecule has 3 rings (SSSR count). The van der Waals surface area contributed by atoms with Crippen molar-refractivity contribution in [1.82, 2.24) is 19.6 Å². The molecule has 0 spiro atoms. The quantitative estimate of drug-likeness (QED) is 0.158. The first kappa shape index (κ1) is 45.0. The van der Waals surface area contributed by atoms with Crippen LogP contribution in [0.5, 0.6) is 5.75 Å². The first-order valence-electron chi connectivity index (χ1n) is 17.8. The SMILES string of the molecule is CCOC(=O)C(Cc1ccc(OCC(F)(F)C(F)F)cc1)N1CCN(CC(=O)O)CCN([C@@H](COCc2ccccc2)C(=O)OC)CCN(CC(=O)O)CC1. The second-order valence-corrected chi connectivity index (χ2v) is 12.9. The zero-order valence-corrected chi connectivity index (χ0v) is 31.0. The fourth-order valence-corrected chi connectivity index (χ4v) is 5.96. The van der Waals surface area contributed by atoms with E-state index in [4.69, 9.17) is 18.9 Å². The summed E-state index contributed by atoms with van der Waals surface area (Å²) in [6.07, 6.45) is -3.84. The Morgan fingerprint density at radius 3 is 1.75 bits per heavy atom. The molecule has 1 unspecified atom stereocenters. The smallest absolute Gasteiger partial charge is 0.340 e. The molecule has 0 amide bonds. The summed E-state index contributed by atoms with van der Waals surface area (Å²) in [6, 6.07) is 13.2. The van der Waals surface area contributed by atoms with E-state index < -0.39 is 54.9 Å².